The molecule has 0 radical (unpaired) electrons. The molecular weight excluding hydrogens is 244 g/mol. The van der Waals surface area contributed by atoms with Crippen LogP contribution in [0.2, 0.25) is 0 Å². The molecule has 5 heteroatoms. The van der Waals surface area contributed by atoms with Gasteiger partial charge in [0.15, 0.2) is 0 Å². The van der Waals surface area contributed by atoms with Gasteiger partial charge in [-0.05, 0) is 32.3 Å². The molecule has 2 aliphatic heterocycles. The lowest BCUT2D eigenvalue weighted by molar-refractivity contribution is -0.129. The van der Waals surface area contributed by atoms with E-state index in [0.29, 0.717) is 17.9 Å². The van der Waals surface area contributed by atoms with Crippen molar-refractivity contribution in [3.8, 4) is 0 Å². The molecule has 1 N–H and O–H groups in total. The van der Waals surface area contributed by atoms with Gasteiger partial charge < -0.3 is 14.6 Å². The third kappa shape index (κ3) is 1.93. The van der Waals surface area contributed by atoms with Gasteiger partial charge in [-0.25, -0.2) is 0 Å². The van der Waals surface area contributed by atoms with Crippen molar-refractivity contribution in [1.29, 1.82) is 0 Å². The van der Waals surface area contributed by atoms with Gasteiger partial charge in [-0.2, -0.15) is 0 Å². The van der Waals surface area contributed by atoms with Gasteiger partial charge in [0.1, 0.15) is 5.76 Å². The number of nitrogens with zero attached hydrogens (tertiary/aromatic N) is 1. The molecule has 19 heavy (non-hydrogen) atoms. The fourth-order valence-corrected chi connectivity index (χ4v) is 3.19. The number of hydrogen-bond donors (Lipinski definition) is 1. The lowest BCUT2D eigenvalue weighted by atomic mass is 9.78. The second kappa shape index (κ2) is 4.40. The molecule has 5 nitrogen and oxygen atoms in total. The first-order valence-electron chi connectivity index (χ1n) is 6.74. The second-order valence-electron chi connectivity index (χ2n) is 5.51. The van der Waals surface area contributed by atoms with Crippen LogP contribution in [0.4, 0.5) is 0 Å². The molecule has 1 atom stereocenters. The van der Waals surface area contributed by atoms with E-state index in [9.17, 15) is 9.59 Å². The average Bonchev–Trinajstić information content (AvgIpc) is 2.97. The Labute approximate surface area is 111 Å². The number of piperidine rings is 1. The summed E-state index contributed by atoms with van der Waals surface area (Å²) in [5, 5.41) is 2.89. The zero-order valence-corrected chi connectivity index (χ0v) is 11.1. The first-order valence-corrected chi connectivity index (χ1v) is 6.74. The lowest BCUT2D eigenvalue weighted by Gasteiger charge is -2.38. The Morgan fingerprint density at radius 2 is 2.32 bits per heavy atom. The quantitative estimate of drug-likeness (QED) is 0.830. The van der Waals surface area contributed by atoms with E-state index in [-0.39, 0.29) is 17.2 Å². The fraction of sp³-hybridized carbons (Fsp3) is 0.571. The van der Waals surface area contributed by atoms with Crippen LogP contribution in [0.5, 0.6) is 0 Å². The second-order valence-corrected chi connectivity index (χ2v) is 5.51. The number of carbonyl (C=O) groups excluding carboxylic acids is 2. The average molecular weight is 262 g/mol. The maximum atomic E-state index is 12.5. The topological polar surface area (TPSA) is 62.6 Å². The van der Waals surface area contributed by atoms with Crippen LogP contribution in [0.1, 0.15) is 35.4 Å². The summed E-state index contributed by atoms with van der Waals surface area (Å²) in [5.41, 5.74) is 0.251. The summed E-state index contributed by atoms with van der Waals surface area (Å²) in [6.45, 7) is 3.77. The highest BCUT2D eigenvalue weighted by atomic mass is 16.3. The van der Waals surface area contributed by atoms with Crippen LogP contribution in [0, 0.1) is 12.3 Å². The van der Waals surface area contributed by atoms with Gasteiger partial charge in [0, 0.05) is 19.6 Å². The van der Waals surface area contributed by atoms with Crippen LogP contribution in [0.3, 0.4) is 0 Å². The molecule has 0 bridgehead atoms. The SMILES string of the molecule is Cc1occc1C(=O)N1CCCC2(CCNC2=O)C1. The predicted molar refractivity (Wildman–Crippen MR) is 68.6 cm³/mol. The van der Waals surface area contributed by atoms with Crippen LogP contribution < -0.4 is 5.32 Å². The van der Waals surface area contributed by atoms with Crippen molar-refractivity contribution >= 4 is 11.8 Å². The molecule has 1 spiro atoms. The predicted octanol–water partition coefficient (Wildman–Crippen LogP) is 1.33. The Kier molecular flexibility index (Phi) is 2.84. The summed E-state index contributed by atoms with van der Waals surface area (Å²) in [7, 11) is 0. The zero-order chi connectivity index (χ0) is 13.5. The van der Waals surface area contributed by atoms with Gasteiger partial charge in [-0.3, -0.25) is 9.59 Å². The summed E-state index contributed by atoms with van der Waals surface area (Å²) < 4.78 is 5.19. The van der Waals surface area contributed by atoms with E-state index in [4.69, 9.17) is 4.42 Å². The van der Waals surface area contributed by atoms with E-state index in [1.54, 1.807) is 17.9 Å². The number of aryl methyl sites for hydroxylation is 1. The maximum absolute atomic E-state index is 12.5. The molecule has 102 valence electrons. The molecule has 2 aliphatic rings. The van der Waals surface area contributed by atoms with Crippen molar-refractivity contribution in [2.75, 3.05) is 19.6 Å². The Morgan fingerprint density at radius 1 is 1.47 bits per heavy atom. The highest BCUT2D eigenvalue weighted by Crippen LogP contribution is 2.37. The minimum absolute atomic E-state index is 0.0231. The molecule has 0 aromatic carbocycles. The van der Waals surface area contributed by atoms with Crippen molar-refractivity contribution in [1.82, 2.24) is 10.2 Å². The van der Waals surface area contributed by atoms with E-state index in [1.807, 2.05) is 0 Å². The van der Waals surface area contributed by atoms with Crippen molar-refractivity contribution in [2.24, 2.45) is 5.41 Å². The molecule has 3 rings (SSSR count). The Bertz CT molecular complexity index is 523. The maximum Gasteiger partial charge on any atom is 0.257 e. The Hall–Kier alpha value is -1.78. The number of hydrogen-bond acceptors (Lipinski definition) is 3. The fourth-order valence-electron chi connectivity index (χ4n) is 3.19. The molecule has 2 amide bonds. The molecular formula is C14H18N2O3. The number of rotatable bonds is 1. The number of furan rings is 1. The van der Waals surface area contributed by atoms with Gasteiger partial charge in [0.25, 0.3) is 5.91 Å². The molecule has 0 aliphatic carbocycles. The Morgan fingerprint density at radius 3 is 2.95 bits per heavy atom. The number of likely N-dealkylation sites (tertiary alicyclic amines) is 1. The summed E-state index contributed by atoms with van der Waals surface area (Å²) >= 11 is 0. The van der Waals surface area contributed by atoms with Gasteiger partial charge in [0.05, 0.1) is 17.2 Å². The van der Waals surface area contributed by atoms with Crippen LogP contribution in [-0.4, -0.2) is 36.3 Å². The minimum Gasteiger partial charge on any atom is -0.469 e. The van der Waals surface area contributed by atoms with Crippen LogP contribution in [-0.2, 0) is 4.79 Å². The van der Waals surface area contributed by atoms with Crippen molar-refractivity contribution in [2.45, 2.75) is 26.2 Å². The van der Waals surface area contributed by atoms with E-state index >= 15 is 0 Å². The summed E-state index contributed by atoms with van der Waals surface area (Å²) in [4.78, 5) is 26.3. The monoisotopic (exact) mass is 262 g/mol. The van der Waals surface area contributed by atoms with Crippen LogP contribution in [0.25, 0.3) is 0 Å². The third-order valence-electron chi connectivity index (χ3n) is 4.32. The highest BCUT2D eigenvalue weighted by Gasteiger charge is 2.46. The van der Waals surface area contributed by atoms with Gasteiger partial charge in [-0.15, -0.1) is 0 Å². The number of nitrogens with one attached hydrogen (secondary N) is 1. The van der Waals surface area contributed by atoms with Crippen molar-refractivity contribution in [3.63, 3.8) is 0 Å². The van der Waals surface area contributed by atoms with Gasteiger partial charge in [0.2, 0.25) is 5.91 Å². The standard InChI is InChI=1S/C14H18N2O3/c1-10-11(3-8-19-10)12(17)16-7-2-4-14(9-16)5-6-15-13(14)18/h3,8H,2,4-7,9H2,1H3,(H,15,18). The minimum atomic E-state index is -0.356. The first-order chi connectivity index (χ1) is 9.12. The van der Waals surface area contributed by atoms with Crippen LogP contribution in [0.15, 0.2) is 16.7 Å². The molecule has 1 aromatic rings. The van der Waals surface area contributed by atoms with E-state index in [1.165, 1.54) is 6.26 Å². The van der Waals surface area contributed by atoms with Crippen LogP contribution >= 0.6 is 0 Å². The van der Waals surface area contributed by atoms with Gasteiger partial charge in [-0.1, -0.05) is 0 Å². The summed E-state index contributed by atoms with van der Waals surface area (Å²) in [5.74, 6) is 0.722. The van der Waals surface area contributed by atoms with E-state index < -0.39 is 0 Å². The molecule has 2 saturated heterocycles. The largest absolute Gasteiger partial charge is 0.469 e. The highest BCUT2D eigenvalue weighted by molar-refractivity contribution is 5.96. The molecule has 3 heterocycles. The van der Waals surface area contributed by atoms with Crippen molar-refractivity contribution in [3.05, 3.63) is 23.7 Å². The summed E-state index contributed by atoms with van der Waals surface area (Å²) in [6, 6.07) is 1.70. The van der Waals surface area contributed by atoms with Crippen molar-refractivity contribution < 1.29 is 14.0 Å². The van der Waals surface area contributed by atoms with E-state index in [2.05, 4.69) is 5.32 Å². The Balaban J connectivity index is 1.81. The number of amides is 2. The molecule has 1 aromatic heterocycles. The smallest absolute Gasteiger partial charge is 0.257 e. The molecule has 0 saturated carbocycles. The first kappa shape index (κ1) is 12.3. The zero-order valence-electron chi connectivity index (χ0n) is 11.1. The molecule has 1 unspecified atom stereocenters. The van der Waals surface area contributed by atoms with E-state index in [0.717, 1.165) is 32.4 Å². The molecule has 2 fully saturated rings. The normalized spacial score (nSPS) is 26.8. The third-order valence-corrected chi connectivity index (χ3v) is 4.32. The van der Waals surface area contributed by atoms with Gasteiger partial charge >= 0.3 is 0 Å². The lowest BCUT2D eigenvalue weighted by Crippen LogP contribution is -2.49. The number of carbonyl (C=O) groups is 2. The summed E-state index contributed by atoms with van der Waals surface area (Å²) in [6.07, 6.45) is 4.13.